The molecule has 0 atom stereocenters. The molecule has 1 aromatic carbocycles. The summed E-state index contributed by atoms with van der Waals surface area (Å²) < 4.78 is 0. The predicted molar refractivity (Wildman–Crippen MR) is 76.3 cm³/mol. The van der Waals surface area contributed by atoms with Gasteiger partial charge in [-0.1, -0.05) is 25.5 Å². The van der Waals surface area contributed by atoms with Crippen molar-refractivity contribution in [3.05, 3.63) is 29.8 Å². The number of carbonyl (C=O) groups is 1. The Kier molecular flexibility index (Phi) is 4.40. The molecule has 1 aliphatic rings. The van der Waals surface area contributed by atoms with Crippen LogP contribution in [0, 0.1) is 5.92 Å². The zero-order valence-corrected chi connectivity index (χ0v) is 11.4. The summed E-state index contributed by atoms with van der Waals surface area (Å²) in [6.07, 6.45) is 7.43. The highest BCUT2D eigenvalue weighted by Crippen LogP contribution is 2.31. The molecular weight excluding hydrogens is 222 g/mol. The van der Waals surface area contributed by atoms with Crippen LogP contribution in [0.25, 0.3) is 0 Å². The van der Waals surface area contributed by atoms with Crippen molar-refractivity contribution in [1.82, 2.24) is 0 Å². The van der Waals surface area contributed by atoms with Crippen LogP contribution >= 0.6 is 0 Å². The van der Waals surface area contributed by atoms with Gasteiger partial charge in [-0.15, -0.1) is 0 Å². The monoisotopic (exact) mass is 245 g/mol. The van der Waals surface area contributed by atoms with Crippen LogP contribution in [0.2, 0.25) is 0 Å². The SMILES string of the molecule is CCC1CCC(N(C)c2ccccc2C=O)CC1. The summed E-state index contributed by atoms with van der Waals surface area (Å²) in [5.41, 5.74) is 1.88. The Morgan fingerprint density at radius 2 is 1.89 bits per heavy atom. The lowest BCUT2D eigenvalue weighted by Gasteiger charge is -2.36. The molecule has 0 aliphatic heterocycles. The van der Waals surface area contributed by atoms with Crippen LogP contribution in [0.5, 0.6) is 0 Å². The van der Waals surface area contributed by atoms with E-state index in [1.54, 1.807) is 0 Å². The fourth-order valence-corrected chi connectivity index (χ4v) is 3.05. The van der Waals surface area contributed by atoms with Crippen LogP contribution in [-0.4, -0.2) is 19.4 Å². The Hall–Kier alpha value is -1.31. The number of hydrogen-bond acceptors (Lipinski definition) is 2. The van der Waals surface area contributed by atoms with Crippen molar-refractivity contribution in [2.45, 2.75) is 45.1 Å². The number of anilines is 1. The average molecular weight is 245 g/mol. The average Bonchev–Trinajstić information content (AvgIpc) is 2.46. The molecule has 0 N–H and O–H groups in total. The number of para-hydroxylation sites is 1. The summed E-state index contributed by atoms with van der Waals surface area (Å²) in [7, 11) is 2.12. The molecule has 1 aromatic rings. The molecule has 98 valence electrons. The number of carbonyl (C=O) groups excluding carboxylic acids is 1. The van der Waals surface area contributed by atoms with Gasteiger partial charge in [-0.05, 0) is 43.7 Å². The Labute approximate surface area is 110 Å². The van der Waals surface area contributed by atoms with Crippen LogP contribution in [-0.2, 0) is 0 Å². The van der Waals surface area contributed by atoms with Gasteiger partial charge in [0.1, 0.15) is 0 Å². The van der Waals surface area contributed by atoms with Gasteiger partial charge in [0.05, 0.1) is 0 Å². The van der Waals surface area contributed by atoms with Gasteiger partial charge in [0, 0.05) is 24.3 Å². The summed E-state index contributed by atoms with van der Waals surface area (Å²) in [6, 6.07) is 8.48. The van der Waals surface area contributed by atoms with Crippen molar-refractivity contribution in [1.29, 1.82) is 0 Å². The quantitative estimate of drug-likeness (QED) is 0.750. The van der Waals surface area contributed by atoms with Crippen molar-refractivity contribution >= 4 is 12.0 Å². The van der Waals surface area contributed by atoms with Gasteiger partial charge < -0.3 is 4.90 Å². The molecule has 0 spiro atoms. The number of aldehydes is 1. The first kappa shape index (κ1) is 13.1. The second kappa shape index (κ2) is 6.03. The van der Waals surface area contributed by atoms with Crippen molar-refractivity contribution in [3.8, 4) is 0 Å². The lowest BCUT2D eigenvalue weighted by Crippen LogP contribution is -2.35. The molecule has 18 heavy (non-hydrogen) atoms. The third kappa shape index (κ3) is 2.74. The van der Waals surface area contributed by atoms with Crippen molar-refractivity contribution < 1.29 is 4.79 Å². The maximum Gasteiger partial charge on any atom is 0.152 e. The molecule has 0 saturated heterocycles. The van der Waals surface area contributed by atoms with Gasteiger partial charge in [-0.25, -0.2) is 0 Å². The zero-order valence-electron chi connectivity index (χ0n) is 11.4. The van der Waals surface area contributed by atoms with E-state index in [0.717, 1.165) is 23.5 Å². The summed E-state index contributed by atoms with van der Waals surface area (Å²) in [5, 5.41) is 0. The Morgan fingerprint density at radius 3 is 2.50 bits per heavy atom. The van der Waals surface area contributed by atoms with Gasteiger partial charge in [0.15, 0.2) is 6.29 Å². The first-order chi connectivity index (χ1) is 8.76. The van der Waals surface area contributed by atoms with E-state index in [1.807, 2.05) is 18.2 Å². The summed E-state index contributed by atoms with van der Waals surface area (Å²) in [4.78, 5) is 13.4. The normalized spacial score (nSPS) is 23.7. The molecule has 0 aromatic heterocycles. The van der Waals surface area contributed by atoms with Gasteiger partial charge in [-0.2, -0.15) is 0 Å². The van der Waals surface area contributed by atoms with E-state index in [9.17, 15) is 4.79 Å². The van der Waals surface area contributed by atoms with E-state index in [2.05, 4.69) is 24.9 Å². The topological polar surface area (TPSA) is 20.3 Å². The van der Waals surface area contributed by atoms with Gasteiger partial charge in [-0.3, -0.25) is 4.79 Å². The van der Waals surface area contributed by atoms with Crippen LogP contribution < -0.4 is 4.90 Å². The zero-order chi connectivity index (χ0) is 13.0. The fraction of sp³-hybridized carbons (Fsp3) is 0.562. The standard InChI is InChI=1S/C16H23NO/c1-3-13-8-10-15(11-9-13)17(2)16-7-5-4-6-14(16)12-18/h4-7,12-13,15H,3,8-11H2,1-2H3. The first-order valence-corrected chi connectivity index (χ1v) is 7.03. The predicted octanol–water partition coefficient (Wildman–Crippen LogP) is 3.90. The lowest BCUT2D eigenvalue weighted by atomic mass is 9.84. The van der Waals surface area contributed by atoms with Crippen molar-refractivity contribution in [3.63, 3.8) is 0 Å². The molecule has 2 nitrogen and oxygen atoms in total. The third-order valence-corrected chi connectivity index (χ3v) is 4.39. The summed E-state index contributed by atoms with van der Waals surface area (Å²) in [6.45, 7) is 2.29. The van der Waals surface area contributed by atoms with Gasteiger partial charge in [0.25, 0.3) is 0 Å². The van der Waals surface area contributed by atoms with Crippen LogP contribution in [0.1, 0.15) is 49.4 Å². The number of rotatable bonds is 4. The van der Waals surface area contributed by atoms with E-state index in [1.165, 1.54) is 32.1 Å². The van der Waals surface area contributed by atoms with E-state index in [-0.39, 0.29) is 0 Å². The smallest absolute Gasteiger partial charge is 0.152 e. The third-order valence-electron chi connectivity index (χ3n) is 4.39. The molecule has 0 amide bonds. The minimum Gasteiger partial charge on any atom is -0.371 e. The van der Waals surface area contributed by atoms with Crippen molar-refractivity contribution in [2.24, 2.45) is 5.92 Å². The molecular formula is C16H23NO. The van der Waals surface area contributed by atoms with Crippen molar-refractivity contribution in [2.75, 3.05) is 11.9 Å². The number of benzene rings is 1. The Bertz CT molecular complexity index is 394. The number of nitrogens with zero attached hydrogens (tertiary/aromatic N) is 1. The fourth-order valence-electron chi connectivity index (χ4n) is 3.05. The highest BCUT2D eigenvalue weighted by Gasteiger charge is 2.24. The van der Waals surface area contributed by atoms with E-state index >= 15 is 0 Å². The second-order valence-corrected chi connectivity index (χ2v) is 5.37. The minimum absolute atomic E-state index is 0.592. The second-order valence-electron chi connectivity index (χ2n) is 5.37. The molecule has 1 saturated carbocycles. The lowest BCUT2D eigenvalue weighted by molar-refractivity contribution is 0.112. The van der Waals surface area contributed by atoms with E-state index in [0.29, 0.717) is 6.04 Å². The maximum atomic E-state index is 11.1. The van der Waals surface area contributed by atoms with Crippen LogP contribution in [0.3, 0.4) is 0 Å². The summed E-state index contributed by atoms with van der Waals surface area (Å²) in [5.74, 6) is 0.913. The molecule has 0 heterocycles. The van der Waals surface area contributed by atoms with Crippen LogP contribution in [0.15, 0.2) is 24.3 Å². The van der Waals surface area contributed by atoms with Crippen LogP contribution in [0.4, 0.5) is 5.69 Å². The van der Waals surface area contributed by atoms with E-state index in [4.69, 9.17) is 0 Å². The molecule has 2 heteroatoms. The summed E-state index contributed by atoms with van der Waals surface area (Å²) >= 11 is 0. The molecule has 2 rings (SSSR count). The Morgan fingerprint density at radius 1 is 1.22 bits per heavy atom. The molecule has 0 radical (unpaired) electrons. The molecule has 1 fully saturated rings. The highest BCUT2D eigenvalue weighted by molar-refractivity contribution is 5.84. The molecule has 0 unspecified atom stereocenters. The van der Waals surface area contributed by atoms with Gasteiger partial charge in [0.2, 0.25) is 0 Å². The highest BCUT2D eigenvalue weighted by atomic mass is 16.1. The maximum absolute atomic E-state index is 11.1. The minimum atomic E-state index is 0.592. The number of hydrogen-bond donors (Lipinski definition) is 0. The molecule has 0 bridgehead atoms. The van der Waals surface area contributed by atoms with E-state index < -0.39 is 0 Å². The largest absolute Gasteiger partial charge is 0.371 e. The Balaban J connectivity index is 2.07. The molecule has 1 aliphatic carbocycles. The van der Waals surface area contributed by atoms with Gasteiger partial charge >= 0.3 is 0 Å². The first-order valence-electron chi connectivity index (χ1n) is 7.03.